The molecule has 0 radical (unpaired) electrons. The largest absolute Gasteiger partial charge is 0.383 e. The van der Waals surface area contributed by atoms with Crippen LogP contribution in [0.15, 0.2) is 0 Å². The molecule has 0 N–H and O–H groups in total. The topological polar surface area (TPSA) is 29.5 Å². The fraction of sp³-hybridized carbons (Fsp3) is 0.941. The van der Waals surface area contributed by atoms with Crippen LogP contribution in [0.3, 0.4) is 0 Å². The van der Waals surface area contributed by atoms with Gasteiger partial charge < -0.3 is 9.53 Å². The summed E-state index contributed by atoms with van der Waals surface area (Å²) in [5.74, 6) is 0.781. The molecule has 1 aliphatic rings. The molecule has 0 aromatic rings. The van der Waals surface area contributed by atoms with Gasteiger partial charge in [0.05, 0.1) is 6.61 Å². The van der Waals surface area contributed by atoms with E-state index in [1.807, 2.05) is 0 Å². The van der Waals surface area contributed by atoms with Gasteiger partial charge in [-0.25, -0.2) is 0 Å². The molecule has 0 atom stereocenters. The Morgan fingerprint density at radius 2 is 1.90 bits per heavy atom. The quantitative estimate of drug-likeness (QED) is 0.606. The average Bonchev–Trinajstić information content (AvgIpc) is 2.48. The highest BCUT2D eigenvalue weighted by Crippen LogP contribution is 2.38. The second kappa shape index (κ2) is 8.78. The van der Waals surface area contributed by atoms with E-state index in [9.17, 15) is 4.79 Å². The van der Waals surface area contributed by atoms with Crippen molar-refractivity contribution in [2.45, 2.75) is 65.3 Å². The first kappa shape index (κ1) is 17.6. The zero-order valence-corrected chi connectivity index (χ0v) is 13.9. The summed E-state index contributed by atoms with van der Waals surface area (Å²) in [6.45, 7) is 9.39. The SMILES string of the molecule is CCC(CC)N(CCOC)CC1(C=O)CCC(C)CC1. The van der Waals surface area contributed by atoms with Gasteiger partial charge in [0.25, 0.3) is 0 Å². The van der Waals surface area contributed by atoms with Crippen LogP contribution in [-0.4, -0.2) is 44.0 Å². The van der Waals surface area contributed by atoms with Gasteiger partial charge in [0.15, 0.2) is 0 Å². The first-order chi connectivity index (χ1) is 9.60. The number of hydrogen-bond donors (Lipinski definition) is 0. The summed E-state index contributed by atoms with van der Waals surface area (Å²) >= 11 is 0. The Hall–Kier alpha value is -0.410. The summed E-state index contributed by atoms with van der Waals surface area (Å²) in [5.41, 5.74) is -0.108. The van der Waals surface area contributed by atoms with Crippen molar-refractivity contribution in [3.05, 3.63) is 0 Å². The van der Waals surface area contributed by atoms with Gasteiger partial charge in [0, 0.05) is 31.7 Å². The summed E-state index contributed by atoms with van der Waals surface area (Å²) in [4.78, 5) is 14.2. The van der Waals surface area contributed by atoms with Crippen LogP contribution in [-0.2, 0) is 9.53 Å². The Balaban J connectivity index is 2.71. The maximum Gasteiger partial charge on any atom is 0.127 e. The van der Waals surface area contributed by atoms with Crippen molar-refractivity contribution in [1.29, 1.82) is 0 Å². The third-order valence-corrected chi connectivity index (χ3v) is 5.08. The van der Waals surface area contributed by atoms with E-state index in [1.165, 1.54) is 19.1 Å². The van der Waals surface area contributed by atoms with Crippen LogP contribution in [0.25, 0.3) is 0 Å². The lowest BCUT2D eigenvalue weighted by atomic mass is 9.71. The monoisotopic (exact) mass is 283 g/mol. The summed E-state index contributed by atoms with van der Waals surface area (Å²) in [6.07, 6.45) is 8.04. The molecule has 0 bridgehead atoms. The smallest absolute Gasteiger partial charge is 0.127 e. The molecule has 0 aliphatic heterocycles. The predicted molar refractivity (Wildman–Crippen MR) is 83.9 cm³/mol. The number of carbonyl (C=O) groups is 1. The van der Waals surface area contributed by atoms with Crippen LogP contribution in [0.5, 0.6) is 0 Å². The highest BCUT2D eigenvalue weighted by atomic mass is 16.5. The molecule has 0 unspecified atom stereocenters. The Bertz CT molecular complexity index is 268. The van der Waals surface area contributed by atoms with Gasteiger partial charge in [-0.05, 0) is 44.4 Å². The zero-order valence-electron chi connectivity index (χ0n) is 13.9. The number of rotatable bonds is 9. The fourth-order valence-corrected chi connectivity index (χ4v) is 3.46. The first-order valence-electron chi connectivity index (χ1n) is 8.30. The fourth-order valence-electron chi connectivity index (χ4n) is 3.46. The molecule has 0 saturated heterocycles. The van der Waals surface area contributed by atoms with E-state index in [0.29, 0.717) is 6.04 Å². The van der Waals surface area contributed by atoms with E-state index < -0.39 is 0 Å². The van der Waals surface area contributed by atoms with Crippen LogP contribution in [0.1, 0.15) is 59.3 Å². The second-order valence-corrected chi connectivity index (χ2v) is 6.60. The Labute approximate surface area is 125 Å². The number of nitrogens with zero attached hydrogens (tertiary/aromatic N) is 1. The van der Waals surface area contributed by atoms with Gasteiger partial charge in [-0.15, -0.1) is 0 Å². The van der Waals surface area contributed by atoms with Crippen molar-refractivity contribution in [2.75, 3.05) is 26.8 Å². The van der Waals surface area contributed by atoms with Crippen LogP contribution >= 0.6 is 0 Å². The highest BCUT2D eigenvalue weighted by Gasteiger charge is 2.36. The van der Waals surface area contributed by atoms with Crippen molar-refractivity contribution in [2.24, 2.45) is 11.3 Å². The Kier molecular flexibility index (Phi) is 7.75. The lowest BCUT2D eigenvalue weighted by Gasteiger charge is -2.41. The maximum absolute atomic E-state index is 11.7. The van der Waals surface area contributed by atoms with Crippen molar-refractivity contribution in [3.8, 4) is 0 Å². The van der Waals surface area contributed by atoms with Crippen molar-refractivity contribution in [1.82, 2.24) is 4.90 Å². The van der Waals surface area contributed by atoms with Gasteiger partial charge in [0.1, 0.15) is 6.29 Å². The third kappa shape index (κ3) is 4.85. The van der Waals surface area contributed by atoms with Gasteiger partial charge >= 0.3 is 0 Å². The minimum atomic E-state index is -0.108. The van der Waals surface area contributed by atoms with Crippen LogP contribution in [0.2, 0.25) is 0 Å². The van der Waals surface area contributed by atoms with Gasteiger partial charge in [0.2, 0.25) is 0 Å². The second-order valence-electron chi connectivity index (χ2n) is 6.60. The summed E-state index contributed by atoms with van der Waals surface area (Å²) in [5, 5.41) is 0. The first-order valence-corrected chi connectivity index (χ1v) is 8.30. The minimum absolute atomic E-state index is 0.108. The lowest BCUT2D eigenvalue weighted by molar-refractivity contribution is -0.120. The molecule has 20 heavy (non-hydrogen) atoms. The number of ether oxygens (including phenoxy) is 1. The van der Waals surface area contributed by atoms with Gasteiger partial charge in [-0.2, -0.15) is 0 Å². The molecular formula is C17H33NO2. The molecule has 0 heterocycles. The van der Waals surface area contributed by atoms with E-state index in [4.69, 9.17) is 4.74 Å². The highest BCUT2D eigenvalue weighted by molar-refractivity contribution is 5.60. The normalized spacial score (nSPS) is 27.2. The molecular weight excluding hydrogens is 250 g/mol. The van der Waals surface area contributed by atoms with E-state index in [0.717, 1.165) is 51.3 Å². The van der Waals surface area contributed by atoms with E-state index in [-0.39, 0.29) is 5.41 Å². The van der Waals surface area contributed by atoms with Crippen molar-refractivity contribution < 1.29 is 9.53 Å². The Morgan fingerprint density at radius 1 is 1.30 bits per heavy atom. The van der Waals surface area contributed by atoms with Gasteiger partial charge in [-0.3, -0.25) is 4.90 Å². The van der Waals surface area contributed by atoms with Gasteiger partial charge in [-0.1, -0.05) is 20.8 Å². The van der Waals surface area contributed by atoms with E-state index >= 15 is 0 Å². The maximum atomic E-state index is 11.7. The van der Waals surface area contributed by atoms with Crippen LogP contribution in [0.4, 0.5) is 0 Å². The number of hydrogen-bond acceptors (Lipinski definition) is 3. The molecule has 0 amide bonds. The molecule has 0 aromatic heterocycles. The van der Waals surface area contributed by atoms with Crippen molar-refractivity contribution >= 4 is 6.29 Å². The Morgan fingerprint density at radius 3 is 2.35 bits per heavy atom. The van der Waals surface area contributed by atoms with Crippen molar-refractivity contribution in [3.63, 3.8) is 0 Å². The molecule has 1 fully saturated rings. The number of carbonyl (C=O) groups excluding carboxylic acids is 1. The summed E-state index contributed by atoms with van der Waals surface area (Å²) < 4.78 is 5.25. The third-order valence-electron chi connectivity index (χ3n) is 5.08. The minimum Gasteiger partial charge on any atom is -0.383 e. The van der Waals surface area contributed by atoms with Crippen LogP contribution in [0, 0.1) is 11.3 Å². The lowest BCUT2D eigenvalue weighted by Crippen LogP contribution is -2.46. The average molecular weight is 283 g/mol. The molecule has 1 saturated carbocycles. The predicted octanol–water partition coefficient (Wildman–Crippen LogP) is 3.52. The standard InChI is InChI=1S/C17H33NO2/c1-5-16(6-2)18(11-12-20-4)13-17(14-19)9-7-15(3)8-10-17/h14-16H,5-13H2,1-4H3. The molecule has 118 valence electrons. The molecule has 0 aromatic carbocycles. The van der Waals surface area contributed by atoms with Crippen LogP contribution < -0.4 is 0 Å². The molecule has 1 rings (SSSR count). The number of methoxy groups -OCH3 is 1. The molecule has 0 spiro atoms. The van der Waals surface area contributed by atoms with E-state index in [1.54, 1.807) is 7.11 Å². The number of aldehydes is 1. The molecule has 1 aliphatic carbocycles. The molecule has 3 heteroatoms. The zero-order chi connectivity index (χ0) is 15.0. The van der Waals surface area contributed by atoms with E-state index in [2.05, 4.69) is 25.7 Å². The summed E-state index contributed by atoms with van der Waals surface area (Å²) in [7, 11) is 1.75. The summed E-state index contributed by atoms with van der Waals surface area (Å²) in [6, 6.07) is 0.571. The molecule has 3 nitrogen and oxygen atoms in total.